The highest BCUT2D eigenvalue weighted by Gasteiger charge is 2.18. The molecule has 3 heteroatoms. The molecule has 24 heavy (non-hydrogen) atoms. The quantitative estimate of drug-likeness (QED) is 0.651. The van der Waals surface area contributed by atoms with Crippen molar-refractivity contribution in [2.45, 2.75) is 52.8 Å². The zero-order valence-corrected chi connectivity index (χ0v) is 15.4. The molecule has 3 nitrogen and oxygen atoms in total. The molecule has 0 amide bonds. The Morgan fingerprint density at radius 1 is 0.750 bits per heavy atom. The molecule has 1 atom stereocenters. The van der Waals surface area contributed by atoms with Crippen LogP contribution in [-0.2, 0) is 0 Å². The number of hydrogen-bond acceptors (Lipinski definition) is 3. The van der Waals surface area contributed by atoms with E-state index in [4.69, 9.17) is 9.47 Å². The molecule has 0 aliphatic heterocycles. The second-order valence-corrected chi connectivity index (χ2v) is 6.67. The fraction of sp³-hybridized carbons (Fsp3) is 0.429. The highest BCUT2D eigenvalue weighted by Crippen LogP contribution is 2.31. The maximum atomic E-state index is 6.18. The Balaban J connectivity index is 2.06. The van der Waals surface area contributed by atoms with E-state index in [0.717, 1.165) is 23.8 Å². The zero-order valence-electron chi connectivity index (χ0n) is 15.4. The molecule has 0 fully saturated rings. The van der Waals surface area contributed by atoms with E-state index in [-0.39, 0.29) is 6.10 Å². The Morgan fingerprint density at radius 2 is 1.29 bits per heavy atom. The molecule has 0 spiro atoms. The van der Waals surface area contributed by atoms with Gasteiger partial charge < -0.3 is 9.47 Å². The van der Waals surface area contributed by atoms with Gasteiger partial charge in [-0.25, -0.2) is 0 Å². The predicted molar refractivity (Wildman–Crippen MR) is 100 cm³/mol. The van der Waals surface area contributed by atoms with Gasteiger partial charge in [-0.1, -0.05) is 30.3 Å². The third-order valence-electron chi connectivity index (χ3n) is 3.94. The van der Waals surface area contributed by atoms with E-state index in [1.807, 2.05) is 54.6 Å². The van der Waals surface area contributed by atoms with E-state index in [9.17, 15) is 0 Å². The van der Waals surface area contributed by atoms with Crippen LogP contribution < -0.4 is 9.47 Å². The van der Waals surface area contributed by atoms with Crippen LogP contribution in [0.3, 0.4) is 0 Å². The Kier molecular flexibility index (Phi) is 6.68. The first-order valence-corrected chi connectivity index (χ1v) is 8.71. The molecule has 2 rings (SSSR count). The molecule has 2 aromatic carbocycles. The molecule has 0 heterocycles. The normalized spacial score (nSPS) is 12.7. The van der Waals surface area contributed by atoms with Gasteiger partial charge in [0.15, 0.2) is 11.5 Å². The second-order valence-electron chi connectivity index (χ2n) is 6.67. The van der Waals surface area contributed by atoms with Crippen LogP contribution >= 0.6 is 0 Å². The highest BCUT2D eigenvalue weighted by molar-refractivity contribution is 5.42. The molecular weight excluding hydrogens is 298 g/mol. The van der Waals surface area contributed by atoms with Gasteiger partial charge in [0.25, 0.3) is 0 Å². The number of ether oxygens (including phenoxy) is 2. The molecule has 0 saturated carbocycles. The summed E-state index contributed by atoms with van der Waals surface area (Å²) in [6.07, 6.45) is 0.0790. The van der Waals surface area contributed by atoms with Crippen molar-refractivity contribution in [1.29, 1.82) is 0 Å². The summed E-state index contributed by atoms with van der Waals surface area (Å²) in [4.78, 5) is 2.44. The summed E-state index contributed by atoms with van der Waals surface area (Å²) in [5.41, 5.74) is 0. The minimum absolute atomic E-state index is 0.0790. The first kappa shape index (κ1) is 18.3. The fourth-order valence-corrected chi connectivity index (χ4v) is 2.82. The lowest BCUT2D eigenvalue weighted by molar-refractivity contribution is 0.0981. The van der Waals surface area contributed by atoms with Gasteiger partial charge in [-0.15, -0.1) is 0 Å². The van der Waals surface area contributed by atoms with Crippen molar-refractivity contribution in [3.8, 4) is 17.2 Å². The van der Waals surface area contributed by atoms with Crippen LogP contribution in [-0.4, -0.2) is 29.6 Å². The van der Waals surface area contributed by atoms with E-state index in [1.165, 1.54) is 0 Å². The first-order chi connectivity index (χ1) is 11.5. The average Bonchev–Trinajstić information content (AvgIpc) is 2.55. The van der Waals surface area contributed by atoms with Gasteiger partial charge in [-0.3, -0.25) is 4.90 Å². The van der Waals surface area contributed by atoms with E-state index in [0.29, 0.717) is 12.1 Å². The van der Waals surface area contributed by atoms with Crippen LogP contribution in [0.25, 0.3) is 0 Å². The fourth-order valence-electron chi connectivity index (χ4n) is 2.82. The summed E-state index contributed by atoms with van der Waals surface area (Å²) < 4.78 is 12.2. The Hall–Kier alpha value is -2.00. The van der Waals surface area contributed by atoms with Gasteiger partial charge in [0.2, 0.25) is 0 Å². The van der Waals surface area contributed by atoms with Crippen molar-refractivity contribution >= 4 is 0 Å². The summed E-state index contributed by atoms with van der Waals surface area (Å²) >= 11 is 0. The maximum Gasteiger partial charge on any atom is 0.169 e. The van der Waals surface area contributed by atoms with Gasteiger partial charge in [0.1, 0.15) is 11.9 Å². The van der Waals surface area contributed by atoms with Crippen LogP contribution in [0, 0.1) is 0 Å². The van der Waals surface area contributed by atoms with Crippen molar-refractivity contribution in [2.24, 2.45) is 0 Å². The molecule has 0 bridgehead atoms. The maximum absolute atomic E-state index is 6.18. The minimum Gasteiger partial charge on any atom is -0.485 e. The van der Waals surface area contributed by atoms with E-state index in [1.54, 1.807) is 0 Å². The van der Waals surface area contributed by atoms with E-state index >= 15 is 0 Å². The van der Waals surface area contributed by atoms with Crippen molar-refractivity contribution < 1.29 is 9.47 Å². The Morgan fingerprint density at radius 3 is 1.88 bits per heavy atom. The molecule has 0 aliphatic rings. The van der Waals surface area contributed by atoms with Crippen LogP contribution in [0.1, 0.15) is 34.6 Å². The summed E-state index contributed by atoms with van der Waals surface area (Å²) in [6.45, 7) is 11.9. The predicted octanol–water partition coefficient (Wildman–Crippen LogP) is 5.37. The van der Waals surface area contributed by atoms with Crippen molar-refractivity contribution in [1.82, 2.24) is 4.90 Å². The first-order valence-electron chi connectivity index (χ1n) is 8.71. The number of nitrogens with zero attached hydrogens (tertiary/aromatic N) is 1. The second kappa shape index (κ2) is 8.74. The molecule has 1 unspecified atom stereocenters. The number of benzene rings is 2. The summed E-state index contributed by atoms with van der Waals surface area (Å²) in [6, 6.07) is 18.6. The zero-order chi connectivity index (χ0) is 17.5. The largest absolute Gasteiger partial charge is 0.485 e. The third kappa shape index (κ3) is 5.27. The van der Waals surface area contributed by atoms with E-state index in [2.05, 4.69) is 39.5 Å². The van der Waals surface area contributed by atoms with E-state index < -0.39 is 0 Å². The Labute approximate surface area is 146 Å². The van der Waals surface area contributed by atoms with Gasteiger partial charge in [-0.05, 0) is 58.9 Å². The lowest BCUT2D eigenvalue weighted by Gasteiger charge is -2.33. The van der Waals surface area contributed by atoms with Crippen LogP contribution in [0.4, 0.5) is 0 Å². The molecule has 0 aromatic heterocycles. The monoisotopic (exact) mass is 327 g/mol. The van der Waals surface area contributed by atoms with Gasteiger partial charge in [0.05, 0.1) is 0 Å². The van der Waals surface area contributed by atoms with Gasteiger partial charge in [-0.2, -0.15) is 0 Å². The van der Waals surface area contributed by atoms with Gasteiger partial charge >= 0.3 is 0 Å². The molecular formula is C21H29NO2. The molecule has 130 valence electrons. The minimum atomic E-state index is 0.0790. The average molecular weight is 327 g/mol. The standard InChI is InChI=1S/C21H29NO2/c1-16(2)22(17(3)4)15-18(5)23-20-13-9-10-14-21(20)24-19-11-7-6-8-12-19/h6-14,16-18H,15H2,1-5H3. The lowest BCUT2D eigenvalue weighted by Crippen LogP contribution is -2.42. The molecule has 0 aliphatic carbocycles. The summed E-state index contributed by atoms with van der Waals surface area (Å²) in [5.74, 6) is 2.34. The van der Waals surface area contributed by atoms with Crippen molar-refractivity contribution in [3.63, 3.8) is 0 Å². The van der Waals surface area contributed by atoms with Gasteiger partial charge in [0, 0.05) is 18.6 Å². The Bertz CT molecular complexity index is 602. The smallest absolute Gasteiger partial charge is 0.169 e. The SMILES string of the molecule is CC(CN(C(C)C)C(C)C)Oc1ccccc1Oc1ccccc1. The molecule has 0 saturated heterocycles. The molecule has 0 N–H and O–H groups in total. The summed E-state index contributed by atoms with van der Waals surface area (Å²) in [7, 11) is 0. The molecule has 2 aromatic rings. The van der Waals surface area contributed by atoms with Crippen LogP contribution in [0.15, 0.2) is 54.6 Å². The number of rotatable bonds is 8. The molecule has 0 radical (unpaired) electrons. The topological polar surface area (TPSA) is 21.7 Å². The number of para-hydroxylation sites is 3. The van der Waals surface area contributed by atoms with Crippen LogP contribution in [0.5, 0.6) is 17.2 Å². The van der Waals surface area contributed by atoms with Crippen molar-refractivity contribution in [3.05, 3.63) is 54.6 Å². The lowest BCUT2D eigenvalue weighted by atomic mass is 10.2. The highest BCUT2D eigenvalue weighted by atomic mass is 16.5. The number of hydrogen-bond donors (Lipinski definition) is 0. The van der Waals surface area contributed by atoms with Crippen molar-refractivity contribution in [2.75, 3.05) is 6.54 Å². The van der Waals surface area contributed by atoms with Crippen LogP contribution in [0.2, 0.25) is 0 Å². The summed E-state index contributed by atoms with van der Waals surface area (Å²) in [5, 5.41) is 0. The third-order valence-corrected chi connectivity index (χ3v) is 3.94.